The van der Waals surface area contributed by atoms with Crippen molar-refractivity contribution in [2.45, 2.75) is 5.25 Å². The van der Waals surface area contributed by atoms with Crippen molar-refractivity contribution in [1.82, 2.24) is 19.3 Å². The van der Waals surface area contributed by atoms with Crippen LogP contribution in [0.1, 0.15) is 0 Å². The van der Waals surface area contributed by atoms with E-state index in [4.69, 9.17) is 16.6 Å². The van der Waals surface area contributed by atoms with Crippen molar-refractivity contribution in [2.75, 3.05) is 24.5 Å². The van der Waals surface area contributed by atoms with Gasteiger partial charge in [-0.15, -0.1) is 0 Å². The third-order valence-corrected chi connectivity index (χ3v) is 7.72. The monoisotopic (exact) mass is 403 g/mol. The van der Waals surface area contributed by atoms with Gasteiger partial charge in [-0.05, 0) is 18.2 Å². The highest BCUT2D eigenvalue weighted by Gasteiger charge is 2.46. The first-order valence-electron chi connectivity index (χ1n) is 8.75. The van der Waals surface area contributed by atoms with Crippen LogP contribution in [0.4, 0.5) is 5.82 Å². The van der Waals surface area contributed by atoms with Gasteiger partial charge in [0.1, 0.15) is 11.6 Å². The summed E-state index contributed by atoms with van der Waals surface area (Å²) in [6, 6.07) is 9.82. The molecule has 0 saturated carbocycles. The van der Waals surface area contributed by atoms with E-state index in [-0.39, 0.29) is 11.2 Å². The summed E-state index contributed by atoms with van der Waals surface area (Å²) in [7, 11) is -1.26. The number of hydrogen-bond acceptors (Lipinski definition) is 5. The topological polar surface area (TPSA) is 80.1 Å². The molecule has 5 rings (SSSR count). The number of benzene rings is 1. The van der Waals surface area contributed by atoms with Gasteiger partial charge >= 0.3 is 0 Å². The minimum Gasteiger partial charge on any atom is -0.355 e. The van der Waals surface area contributed by atoms with E-state index >= 15 is 0 Å². The van der Waals surface area contributed by atoms with Crippen molar-refractivity contribution < 1.29 is 8.42 Å². The lowest BCUT2D eigenvalue weighted by Crippen LogP contribution is -2.31. The number of halogens is 1. The summed E-state index contributed by atoms with van der Waals surface area (Å²) < 4.78 is 28.9. The van der Waals surface area contributed by atoms with Gasteiger partial charge in [0.05, 0.1) is 21.3 Å². The van der Waals surface area contributed by atoms with Gasteiger partial charge in [0.2, 0.25) is 10.0 Å². The van der Waals surface area contributed by atoms with E-state index in [1.807, 2.05) is 46.8 Å². The fourth-order valence-electron chi connectivity index (χ4n) is 4.06. The van der Waals surface area contributed by atoms with Crippen LogP contribution < -0.4 is 9.62 Å². The Labute approximate surface area is 162 Å². The number of anilines is 1. The molecule has 140 valence electrons. The summed E-state index contributed by atoms with van der Waals surface area (Å²) in [5, 5.41) is 0.139. The average molecular weight is 404 g/mol. The molecule has 2 fully saturated rings. The number of rotatable bonds is 2. The number of nitrogens with zero attached hydrogens (tertiary/aromatic N) is 4. The molecule has 1 N–H and O–H groups in total. The normalized spacial score (nSPS) is 23.9. The van der Waals surface area contributed by atoms with Gasteiger partial charge < -0.3 is 9.47 Å². The summed E-state index contributed by atoms with van der Waals surface area (Å²) in [6.45, 7) is 1.60. The molecule has 0 aliphatic carbocycles. The molecule has 2 aromatic heterocycles. The number of fused-ring (bicyclic) bond motifs is 2. The molecule has 7 nitrogen and oxygen atoms in total. The van der Waals surface area contributed by atoms with E-state index in [9.17, 15) is 8.42 Å². The molecule has 1 aromatic carbocycles. The maximum absolute atomic E-state index is 12.1. The zero-order valence-electron chi connectivity index (χ0n) is 14.6. The van der Waals surface area contributed by atoms with E-state index in [1.54, 1.807) is 6.20 Å². The van der Waals surface area contributed by atoms with Crippen LogP contribution in [0.25, 0.3) is 22.4 Å². The molecule has 0 spiro atoms. The van der Waals surface area contributed by atoms with Crippen LogP contribution in [0, 0.1) is 5.92 Å². The number of nitrogens with one attached hydrogen (secondary N) is 1. The number of sulfonamides is 1. The van der Waals surface area contributed by atoms with Crippen LogP contribution in [0.5, 0.6) is 0 Å². The number of hydrogen-bond donors (Lipinski definition) is 1. The Morgan fingerprint density at radius 3 is 2.85 bits per heavy atom. The summed E-state index contributed by atoms with van der Waals surface area (Å²) in [5.74, 6) is 1.58. The van der Waals surface area contributed by atoms with Crippen LogP contribution >= 0.6 is 11.6 Å². The van der Waals surface area contributed by atoms with Gasteiger partial charge in [0, 0.05) is 44.4 Å². The molecule has 4 heterocycles. The molecule has 2 saturated heterocycles. The number of aromatic nitrogens is 3. The predicted octanol–water partition coefficient (Wildman–Crippen LogP) is 2.03. The molecule has 2 aliphatic heterocycles. The lowest BCUT2D eigenvalue weighted by molar-refractivity contribution is 0.582. The second-order valence-electron chi connectivity index (χ2n) is 7.10. The first kappa shape index (κ1) is 17.0. The molecular formula is C18H18ClN5O2S. The maximum atomic E-state index is 12.1. The quantitative estimate of drug-likeness (QED) is 0.708. The van der Waals surface area contributed by atoms with Crippen molar-refractivity contribution in [2.24, 2.45) is 13.0 Å². The smallest absolute Gasteiger partial charge is 0.216 e. The zero-order chi connectivity index (χ0) is 18.8. The second-order valence-corrected chi connectivity index (χ2v) is 9.49. The van der Waals surface area contributed by atoms with Gasteiger partial charge in [0.25, 0.3) is 0 Å². The van der Waals surface area contributed by atoms with Crippen molar-refractivity contribution in [3.8, 4) is 11.4 Å². The zero-order valence-corrected chi connectivity index (χ0v) is 16.2. The third kappa shape index (κ3) is 2.62. The van der Waals surface area contributed by atoms with Crippen LogP contribution in [0.2, 0.25) is 5.02 Å². The van der Waals surface area contributed by atoms with Gasteiger partial charge in [-0.2, -0.15) is 0 Å². The Bertz CT molecular complexity index is 1160. The molecule has 0 radical (unpaired) electrons. The van der Waals surface area contributed by atoms with Gasteiger partial charge in [-0.25, -0.2) is 23.1 Å². The van der Waals surface area contributed by atoms with E-state index < -0.39 is 10.0 Å². The predicted molar refractivity (Wildman–Crippen MR) is 105 cm³/mol. The van der Waals surface area contributed by atoms with Crippen LogP contribution in [0.3, 0.4) is 0 Å². The van der Waals surface area contributed by atoms with Gasteiger partial charge in [-0.3, -0.25) is 0 Å². The second kappa shape index (κ2) is 5.92. The lowest BCUT2D eigenvalue weighted by atomic mass is 10.1. The Morgan fingerprint density at radius 2 is 2.07 bits per heavy atom. The standard InChI is InChI=1S/C18H18ClN5O2S/c1-23-15-5-3-2-4-14(15)22-18(23)12-6-17(20-8-13(12)19)24-9-11-7-21-27(25,26)16(11)10-24/h2-6,8,11,16,21H,7,9-10H2,1H3. The first-order chi connectivity index (χ1) is 12.9. The highest BCUT2D eigenvalue weighted by molar-refractivity contribution is 7.90. The summed E-state index contributed by atoms with van der Waals surface area (Å²) in [6.07, 6.45) is 1.62. The van der Waals surface area contributed by atoms with Gasteiger partial charge in [0.15, 0.2) is 0 Å². The lowest BCUT2D eigenvalue weighted by Gasteiger charge is -2.19. The molecule has 2 aliphatic rings. The fourth-order valence-corrected chi connectivity index (χ4v) is 5.98. The van der Waals surface area contributed by atoms with E-state index in [0.717, 1.165) is 28.2 Å². The summed E-state index contributed by atoms with van der Waals surface area (Å²) in [4.78, 5) is 11.2. The van der Waals surface area contributed by atoms with E-state index in [2.05, 4.69) is 9.71 Å². The minimum atomic E-state index is -3.22. The third-order valence-electron chi connectivity index (χ3n) is 5.52. The maximum Gasteiger partial charge on any atom is 0.216 e. The van der Waals surface area contributed by atoms with E-state index in [1.165, 1.54) is 0 Å². The number of aryl methyl sites for hydroxylation is 1. The minimum absolute atomic E-state index is 0.0895. The van der Waals surface area contributed by atoms with Crippen LogP contribution in [-0.2, 0) is 17.1 Å². The highest BCUT2D eigenvalue weighted by atomic mass is 35.5. The van der Waals surface area contributed by atoms with Crippen molar-refractivity contribution in [3.05, 3.63) is 41.6 Å². The van der Waals surface area contributed by atoms with Crippen molar-refractivity contribution >= 4 is 38.5 Å². The highest BCUT2D eigenvalue weighted by Crippen LogP contribution is 2.35. The number of pyridine rings is 1. The van der Waals surface area contributed by atoms with Crippen LogP contribution in [0.15, 0.2) is 36.5 Å². The largest absolute Gasteiger partial charge is 0.355 e. The number of imidazole rings is 1. The number of para-hydroxylation sites is 2. The van der Waals surface area contributed by atoms with Gasteiger partial charge in [-0.1, -0.05) is 23.7 Å². The molecule has 0 amide bonds. The Hall–Kier alpha value is -2.16. The van der Waals surface area contributed by atoms with E-state index in [0.29, 0.717) is 24.7 Å². The SMILES string of the molecule is Cn1c(-c2cc(N3CC4CNS(=O)(=O)C4C3)ncc2Cl)nc2ccccc21. The fraction of sp³-hybridized carbons (Fsp3) is 0.333. The van der Waals surface area contributed by atoms with Crippen LogP contribution in [-0.4, -0.2) is 47.8 Å². The first-order valence-corrected chi connectivity index (χ1v) is 10.7. The molecule has 3 aromatic rings. The molecule has 9 heteroatoms. The van der Waals surface area contributed by atoms with Crippen molar-refractivity contribution in [1.29, 1.82) is 0 Å². The average Bonchev–Trinajstić information content (AvgIpc) is 3.30. The Balaban J connectivity index is 1.55. The Morgan fingerprint density at radius 1 is 1.26 bits per heavy atom. The Kier molecular flexibility index (Phi) is 3.72. The molecular weight excluding hydrogens is 386 g/mol. The molecule has 0 bridgehead atoms. The molecule has 2 unspecified atom stereocenters. The summed E-state index contributed by atoms with van der Waals surface area (Å²) >= 11 is 6.44. The summed E-state index contributed by atoms with van der Waals surface area (Å²) in [5.41, 5.74) is 2.71. The molecule has 2 atom stereocenters. The van der Waals surface area contributed by atoms with Crippen molar-refractivity contribution in [3.63, 3.8) is 0 Å². The molecule has 27 heavy (non-hydrogen) atoms.